The standard InChI is InChI=1S/C29H30F3NO4/c1-5-36-27(35)28(3,4)37-25-15-9-20(17-19(25)2)10-16-26(34)33-24-13-11-21(12-14-24)22-7-6-8-23(18-22)29(30,31)32/h6-9,11-15,17-18H,5,10,16H2,1-4H3,(H,33,34). The quantitative estimate of drug-likeness (QED) is 0.314. The van der Waals surface area contributed by atoms with Crippen LogP contribution in [0.2, 0.25) is 0 Å². The summed E-state index contributed by atoms with van der Waals surface area (Å²) in [6.45, 7) is 7.17. The van der Waals surface area contributed by atoms with Crippen LogP contribution in [-0.4, -0.2) is 24.1 Å². The second-order valence-corrected chi connectivity index (χ2v) is 9.14. The summed E-state index contributed by atoms with van der Waals surface area (Å²) in [7, 11) is 0. The van der Waals surface area contributed by atoms with Crippen LogP contribution in [-0.2, 0) is 26.9 Å². The Hall–Kier alpha value is -3.81. The molecule has 1 N–H and O–H groups in total. The fourth-order valence-corrected chi connectivity index (χ4v) is 3.71. The summed E-state index contributed by atoms with van der Waals surface area (Å²) in [6.07, 6.45) is -3.67. The maximum atomic E-state index is 13.0. The van der Waals surface area contributed by atoms with Crippen LogP contribution in [0.3, 0.4) is 0 Å². The molecule has 1 amide bonds. The first-order chi connectivity index (χ1) is 17.4. The summed E-state index contributed by atoms with van der Waals surface area (Å²) >= 11 is 0. The van der Waals surface area contributed by atoms with Crippen molar-refractivity contribution in [3.63, 3.8) is 0 Å². The first-order valence-electron chi connectivity index (χ1n) is 11.9. The second-order valence-electron chi connectivity index (χ2n) is 9.14. The zero-order valence-electron chi connectivity index (χ0n) is 21.2. The molecule has 3 aromatic rings. The number of amides is 1. The smallest absolute Gasteiger partial charge is 0.416 e. The van der Waals surface area contributed by atoms with Crippen molar-refractivity contribution in [1.82, 2.24) is 0 Å². The Balaban J connectivity index is 1.56. The molecule has 0 atom stereocenters. The summed E-state index contributed by atoms with van der Waals surface area (Å²) in [6, 6.07) is 17.3. The van der Waals surface area contributed by atoms with E-state index in [9.17, 15) is 22.8 Å². The zero-order valence-corrected chi connectivity index (χ0v) is 21.2. The molecule has 8 heteroatoms. The average Bonchev–Trinajstić information content (AvgIpc) is 2.84. The third-order valence-electron chi connectivity index (χ3n) is 5.70. The van der Waals surface area contributed by atoms with Crippen LogP contribution < -0.4 is 10.1 Å². The van der Waals surface area contributed by atoms with Gasteiger partial charge in [-0.1, -0.05) is 36.4 Å². The van der Waals surface area contributed by atoms with E-state index in [1.807, 2.05) is 19.1 Å². The van der Waals surface area contributed by atoms with Crippen LogP contribution in [0, 0.1) is 6.92 Å². The summed E-state index contributed by atoms with van der Waals surface area (Å²) in [5, 5.41) is 2.81. The number of carbonyl (C=O) groups excluding carboxylic acids is 2. The first kappa shape index (κ1) is 27.8. The molecule has 0 aromatic heterocycles. The molecule has 3 aromatic carbocycles. The van der Waals surface area contributed by atoms with Crippen molar-refractivity contribution in [3.05, 3.63) is 83.4 Å². The van der Waals surface area contributed by atoms with E-state index in [0.29, 0.717) is 29.0 Å². The topological polar surface area (TPSA) is 64.6 Å². The van der Waals surface area contributed by atoms with Gasteiger partial charge in [-0.25, -0.2) is 4.79 Å². The lowest BCUT2D eigenvalue weighted by Gasteiger charge is -2.25. The number of hydrogen-bond donors (Lipinski definition) is 1. The number of nitrogens with one attached hydrogen (secondary N) is 1. The molecule has 196 valence electrons. The lowest BCUT2D eigenvalue weighted by Crippen LogP contribution is -2.39. The maximum Gasteiger partial charge on any atom is 0.416 e. The molecule has 0 unspecified atom stereocenters. The lowest BCUT2D eigenvalue weighted by atomic mass is 10.0. The number of halogens is 3. The molecule has 37 heavy (non-hydrogen) atoms. The summed E-state index contributed by atoms with van der Waals surface area (Å²) in [4.78, 5) is 24.5. The molecule has 0 bridgehead atoms. The fraction of sp³-hybridized carbons (Fsp3) is 0.310. The third-order valence-corrected chi connectivity index (χ3v) is 5.70. The molecule has 0 fully saturated rings. The van der Waals surface area contributed by atoms with Crippen molar-refractivity contribution in [3.8, 4) is 16.9 Å². The predicted molar refractivity (Wildman–Crippen MR) is 136 cm³/mol. The number of ether oxygens (including phenoxy) is 2. The van der Waals surface area contributed by atoms with E-state index >= 15 is 0 Å². The van der Waals surface area contributed by atoms with Gasteiger partial charge >= 0.3 is 12.1 Å². The van der Waals surface area contributed by atoms with E-state index in [1.54, 1.807) is 57.2 Å². The van der Waals surface area contributed by atoms with E-state index in [2.05, 4.69) is 5.32 Å². The van der Waals surface area contributed by atoms with Crippen LogP contribution in [0.1, 0.15) is 43.9 Å². The van der Waals surface area contributed by atoms with Gasteiger partial charge in [0.2, 0.25) is 5.91 Å². The Bertz CT molecular complexity index is 1250. The number of esters is 1. The summed E-state index contributed by atoms with van der Waals surface area (Å²) in [5.41, 5.74) is 1.56. The summed E-state index contributed by atoms with van der Waals surface area (Å²) < 4.78 is 49.8. The Morgan fingerprint density at radius 3 is 2.24 bits per heavy atom. The maximum absolute atomic E-state index is 13.0. The van der Waals surface area contributed by atoms with Crippen molar-refractivity contribution >= 4 is 17.6 Å². The lowest BCUT2D eigenvalue weighted by molar-refractivity contribution is -0.158. The molecule has 0 aliphatic carbocycles. The van der Waals surface area contributed by atoms with Crippen molar-refractivity contribution in [2.45, 2.75) is 52.3 Å². The Labute approximate surface area is 214 Å². The number of alkyl halides is 3. The van der Waals surface area contributed by atoms with Crippen molar-refractivity contribution in [2.24, 2.45) is 0 Å². The van der Waals surface area contributed by atoms with Gasteiger partial charge in [0.1, 0.15) is 5.75 Å². The van der Waals surface area contributed by atoms with E-state index < -0.39 is 23.3 Å². The normalized spacial score (nSPS) is 11.6. The molecular weight excluding hydrogens is 483 g/mol. The van der Waals surface area contributed by atoms with E-state index in [4.69, 9.17) is 9.47 Å². The average molecular weight is 514 g/mol. The van der Waals surface area contributed by atoms with Crippen molar-refractivity contribution < 1.29 is 32.2 Å². The van der Waals surface area contributed by atoms with Gasteiger partial charge in [0.15, 0.2) is 5.60 Å². The highest BCUT2D eigenvalue weighted by molar-refractivity contribution is 5.91. The van der Waals surface area contributed by atoms with Gasteiger partial charge in [0.05, 0.1) is 12.2 Å². The van der Waals surface area contributed by atoms with Gasteiger partial charge in [-0.3, -0.25) is 4.79 Å². The minimum atomic E-state index is -4.41. The first-order valence-corrected chi connectivity index (χ1v) is 11.9. The highest BCUT2D eigenvalue weighted by Crippen LogP contribution is 2.32. The molecule has 5 nitrogen and oxygen atoms in total. The Morgan fingerprint density at radius 2 is 1.62 bits per heavy atom. The van der Waals surface area contributed by atoms with Gasteiger partial charge in [0.25, 0.3) is 0 Å². The van der Waals surface area contributed by atoms with Crippen LogP contribution in [0.5, 0.6) is 5.75 Å². The molecule has 0 saturated heterocycles. The molecule has 3 rings (SSSR count). The molecule has 0 saturated carbocycles. The van der Waals surface area contributed by atoms with Gasteiger partial charge in [0, 0.05) is 12.1 Å². The Morgan fingerprint density at radius 1 is 0.919 bits per heavy atom. The largest absolute Gasteiger partial charge is 0.476 e. The fourth-order valence-electron chi connectivity index (χ4n) is 3.71. The minimum absolute atomic E-state index is 0.187. The van der Waals surface area contributed by atoms with Gasteiger partial charge in [-0.05, 0) is 86.7 Å². The number of hydrogen-bond acceptors (Lipinski definition) is 4. The molecule has 0 aliphatic rings. The van der Waals surface area contributed by atoms with E-state index in [0.717, 1.165) is 23.3 Å². The predicted octanol–water partition coefficient (Wildman–Crippen LogP) is 6.97. The van der Waals surface area contributed by atoms with Crippen LogP contribution in [0.4, 0.5) is 18.9 Å². The van der Waals surface area contributed by atoms with E-state index in [-0.39, 0.29) is 18.9 Å². The number of anilines is 1. The SMILES string of the molecule is CCOC(=O)C(C)(C)Oc1ccc(CCC(=O)Nc2ccc(-c3cccc(C(F)(F)F)c3)cc2)cc1C. The molecule has 0 spiro atoms. The van der Waals surface area contributed by atoms with Crippen LogP contribution in [0.15, 0.2) is 66.7 Å². The summed E-state index contributed by atoms with van der Waals surface area (Å²) in [5.74, 6) is -0.0710. The second kappa shape index (κ2) is 11.5. The molecular formula is C29H30F3NO4. The van der Waals surface area contributed by atoms with Gasteiger partial charge < -0.3 is 14.8 Å². The Kier molecular flexibility index (Phi) is 8.63. The van der Waals surface area contributed by atoms with Crippen molar-refractivity contribution in [2.75, 3.05) is 11.9 Å². The minimum Gasteiger partial charge on any atom is -0.476 e. The van der Waals surface area contributed by atoms with E-state index in [1.165, 1.54) is 6.07 Å². The highest BCUT2D eigenvalue weighted by Gasteiger charge is 2.32. The number of carbonyl (C=O) groups is 2. The molecule has 0 radical (unpaired) electrons. The third kappa shape index (κ3) is 7.59. The number of rotatable bonds is 9. The van der Waals surface area contributed by atoms with Gasteiger partial charge in [-0.15, -0.1) is 0 Å². The highest BCUT2D eigenvalue weighted by atomic mass is 19.4. The number of benzene rings is 3. The molecule has 0 aliphatic heterocycles. The molecule has 0 heterocycles. The van der Waals surface area contributed by atoms with Crippen LogP contribution >= 0.6 is 0 Å². The monoisotopic (exact) mass is 513 g/mol. The zero-order chi connectivity index (χ0) is 27.2. The van der Waals surface area contributed by atoms with Crippen molar-refractivity contribution in [1.29, 1.82) is 0 Å². The number of aryl methyl sites for hydroxylation is 2. The van der Waals surface area contributed by atoms with Crippen LogP contribution in [0.25, 0.3) is 11.1 Å². The van der Waals surface area contributed by atoms with Gasteiger partial charge in [-0.2, -0.15) is 13.2 Å².